The Morgan fingerprint density at radius 1 is 1.14 bits per heavy atom. The van der Waals surface area contributed by atoms with Crippen LogP contribution in [0.5, 0.6) is 0 Å². The number of nitrogens with one attached hydrogen (secondary N) is 1. The van der Waals surface area contributed by atoms with Gasteiger partial charge >= 0.3 is 0 Å². The van der Waals surface area contributed by atoms with Gasteiger partial charge in [0.15, 0.2) is 5.69 Å². The first-order valence-electron chi connectivity index (χ1n) is 8.83. The van der Waals surface area contributed by atoms with Gasteiger partial charge in [-0.25, -0.2) is 5.43 Å². The van der Waals surface area contributed by atoms with E-state index in [0.717, 1.165) is 15.6 Å². The molecule has 0 spiro atoms. The van der Waals surface area contributed by atoms with Crippen LogP contribution in [0.3, 0.4) is 0 Å². The van der Waals surface area contributed by atoms with E-state index in [1.54, 1.807) is 17.1 Å². The quantitative estimate of drug-likeness (QED) is 0.364. The van der Waals surface area contributed by atoms with E-state index in [9.17, 15) is 4.79 Å². The van der Waals surface area contributed by atoms with Gasteiger partial charge in [-0.15, -0.1) is 0 Å². The highest BCUT2D eigenvalue weighted by Crippen LogP contribution is 2.17. The predicted molar refractivity (Wildman–Crippen MR) is 119 cm³/mol. The van der Waals surface area contributed by atoms with Gasteiger partial charge in [0.25, 0.3) is 5.91 Å². The van der Waals surface area contributed by atoms with Crippen molar-refractivity contribution in [3.05, 3.63) is 86.1 Å². The SMILES string of the molecule is CC(C)c1ccc(/C=N\NC(=O)c2nn(Cc3ccc(Br)cc3)cc2Br)cc1. The molecule has 0 saturated carbocycles. The number of hydrazone groups is 1. The third-order valence-corrected chi connectivity index (χ3v) is 5.28. The van der Waals surface area contributed by atoms with Gasteiger partial charge in [0.2, 0.25) is 0 Å². The Kier molecular flexibility index (Phi) is 6.80. The van der Waals surface area contributed by atoms with Gasteiger partial charge < -0.3 is 0 Å². The molecular weight excluding hydrogens is 484 g/mol. The number of carbonyl (C=O) groups is 1. The highest BCUT2D eigenvalue weighted by atomic mass is 79.9. The molecule has 0 radical (unpaired) electrons. The topological polar surface area (TPSA) is 59.3 Å². The molecule has 3 rings (SSSR count). The number of benzene rings is 2. The van der Waals surface area contributed by atoms with E-state index in [1.165, 1.54) is 5.56 Å². The Hall–Kier alpha value is -2.25. The van der Waals surface area contributed by atoms with Crippen LogP contribution < -0.4 is 5.43 Å². The molecule has 0 saturated heterocycles. The number of halogens is 2. The summed E-state index contributed by atoms with van der Waals surface area (Å²) in [7, 11) is 0. The Balaban J connectivity index is 1.62. The van der Waals surface area contributed by atoms with Crippen LogP contribution in [0.4, 0.5) is 0 Å². The van der Waals surface area contributed by atoms with E-state index in [-0.39, 0.29) is 5.91 Å². The van der Waals surface area contributed by atoms with Crippen molar-refractivity contribution in [1.29, 1.82) is 0 Å². The predicted octanol–water partition coefficient (Wildman–Crippen LogP) is 5.34. The van der Waals surface area contributed by atoms with Crippen LogP contribution in [-0.4, -0.2) is 21.9 Å². The largest absolute Gasteiger partial charge is 0.293 e. The average molecular weight is 504 g/mol. The molecule has 0 aliphatic carbocycles. The Morgan fingerprint density at radius 2 is 1.82 bits per heavy atom. The minimum atomic E-state index is -0.364. The Bertz CT molecular complexity index is 977. The van der Waals surface area contributed by atoms with E-state index in [1.807, 2.05) is 36.4 Å². The molecule has 1 heterocycles. The molecule has 7 heteroatoms. The van der Waals surface area contributed by atoms with Gasteiger partial charge in [0.05, 0.1) is 17.2 Å². The third-order valence-electron chi connectivity index (χ3n) is 4.17. The van der Waals surface area contributed by atoms with Crippen LogP contribution in [0.15, 0.2) is 68.8 Å². The molecule has 5 nitrogen and oxygen atoms in total. The fourth-order valence-corrected chi connectivity index (χ4v) is 3.35. The number of carbonyl (C=O) groups excluding carboxylic acids is 1. The van der Waals surface area contributed by atoms with Gasteiger partial charge in [0, 0.05) is 10.7 Å². The number of nitrogens with zero attached hydrogens (tertiary/aromatic N) is 3. The van der Waals surface area contributed by atoms with Gasteiger partial charge in [-0.2, -0.15) is 10.2 Å². The average Bonchev–Trinajstić information content (AvgIpc) is 3.04. The molecule has 0 bridgehead atoms. The normalized spacial score (nSPS) is 11.3. The number of hydrogen-bond acceptors (Lipinski definition) is 3. The second-order valence-corrected chi connectivity index (χ2v) is 8.44. The van der Waals surface area contributed by atoms with Gasteiger partial charge in [-0.3, -0.25) is 9.48 Å². The molecule has 1 amide bonds. The summed E-state index contributed by atoms with van der Waals surface area (Å²) in [6.45, 7) is 4.87. The highest BCUT2D eigenvalue weighted by Gasteiger charge is 2.14. The summed E-state index contributed by atoms with van der Waals surface area (Å²) in [6.07, 6.45) is 3.40. The molecule has 1 N–H and O–H groups in total. The van der Waals surface area contributed by atoms with Gasteiger partial charge in [0.1, 0.15) is 0 Å². The molecule has 1 aromatic heterocycles. The lowest BCUT2D eigenvalue weighted by atomic mass is 10.0. The molecule has 0 aliphatic heterocycles. The lowest BCUT2D eigenvalue weighted by Crippen LogP contribution is -2.19. The molecule has 0 atom stereocenters. The molecule has 2 aromatic carbocycles. The van der Waals surface area contributed by atoms with Crippen molar-refractivity contribution in [2.45, 2.75) is 26.3 Å². The highest BCUT2D eigenvalue weighted by molar-refractivity contribution is 9.10. The number of hydrogen-bond donors (Lipinski definition) is 1. The monoisotopic (exact) mass is 502 g/mol. The maximum Gasteiger partial charge on any atom is 0.293 e. The zero-order valence-corrected chi connectivity index (χ0v) is 18.7. The molecular formula is C21H20Br2N4O. The maximum absolute atomic E-state index is 12.4. The molecule has 3 aromatic rings. The molecule has 0 fully saturated rings. The summed E-state index contributed by atoms with van der Waals surface area (Å²) in [4.78, 5) is 12.4. The molecule has 0 aliphatic rings. The lowest BCUT2D eigenvalue weighted by Gasteiger charge is -2.04. The smallest absolute Gasteiger partial charge is 0.266 e. The molecule has 28 heavy (non-hydrogen) atoms. The summed E-state index contributed by atoms with van der Waals surface area (Å²) in [6, 6.07) is 16.1. The van der Waals surface area contributed by atoms with E-state index >= 15 is 0 Å². The number of amides is 1. The second kappa shape index (κ2) is 9.30. The fraction of sp³-hybridized carbons (Fsp3) is 0.190. The van der Waals surface area contributed by atoms with E-state index < -0.39 is 0 Å². The van der Waals surface area contributed by atoms with E-state index in [0.29, 0.717) is 22.6 Å². The fourth-order valence-electron chi connectivity index (χ4n) is 2.59. The van der Waals surface area contributed by atoms with Crippen LogP contribution in [0.25, 0.3) is 0 Å². The maximum atomic E-state index is 12.4. The van der Waals surface area contributed by atoms with Crippen LogP contribution in [0.2, 0.25) is 0 Å². The minimum Gasteiger partial charge on any atom is -0.266 e. The van der Waals surface area contributed by atoms with Crippen LogP contribution in [-0.2, 0) is 6.54 Å². The zero-order chi connectivity index (χ0) is 20.1. The summed E-state index contributed by atoms with van der Waals surface area (Å²) < 4.78 is 3.37. The summed E-state index contributed by atoms with van der Waals surface area (Å²) in [5, 5.41) is 8.39. The van der Waals surface area contributed by atoms with E-state index in [2.05, 4.69) is 73.5 Å². The minimum absolute atomic E-state index is 0.296. The first-order valence-corrected chi connectivity index (χ1v) is 10.4. The molecule has 0 unspecified atom stereocenters. The Morgan fingerprint density at radius 3 is 2.46 bits per heavy atom. The number of rotatable bonds is 6. The van der Waals surface area contributed by atoms with Crippen molar-refractivity contribution in [3.8, 4) is 0 Å². The van der Waals surface area contributed by atoms with Crippen molar-refractivity contribution in [3.63, 3.8) is 0 Å². The summed E-state index contributed by atoms with van der Waals surface area (Å²) >= 11 is 6.82. The Labute approximate surface area is 181 Å². The van der Waals surface area contributed by atoms with Crippen molar-refractivity contribution in [2.24, 2.45) is 5.10 Å². The van der Waals surface area contributed by atoms with Crippen molar-refractivity contribution in [1.82, 2.24) is 15.2 Å². The summed E-state index contributed by atoms with van der Waals surface area (Å²) in [5.41, 5.74) is 6.10. The summed E-state index contributed by atoms with van der Waals surface area (Å²) in [5.74, 6) is 0.118. The lowest BCUT2D eigenvalue weighted by molar-refractivity contribution is 0.0948. The van der Waals surface area contributed by atoms with Crippen molar-refractivity contribution >= 4 is 44.0 Å². The standard InChI is InChI=1S/C21H20Br2N4O/c1-14(2)17-7-3-15(4-8-17)11-24-25-21(28)20-19(23)13-27(26-20)12-16-5-9-18(22)10-6-16/h3-11,13-14H,12H2,1-2H3,(H,25,28)/b24-11-. The molecule has 144 valence electrons. The van der Waals surface area contributed by atoms with Crippen LogP contribution in [0.1, 0.15) is 46.9 Å². The zero-order valence-electron chi connectivity index (χ0n) is 15.6. The van der Waals surface area contributed by atoms with Crippen LogP contribution >= 0.6 is 31.9 Å². The first kappa shape index (κ1) is 20.5. The van der Waals surface area contributed by atoms with Crippen LogP contribution in [0, 0.1) is 0 Å². The van der Waals surface area contributed by atoms with Crippen molar-refractivity contribution in [2.75, 3.05) is 0 Å². The first-order chi connectivity index (χ1) is 13.4. The van der Waals surface area contributed by atoms with Gasteiger partial charge in [-0.1, -0.05) is 66.2 Å². The third kappa shape index (κ3) is 5.39. The van der Waals surface area contributed by atoms with Crippen molar-refractivity contribution < 1.29 is 4.79 Å². The van der Waals surface area contributed by atoms with E-state index in [4.69, 9.17) is 0 Å². The second-order valence-electron chi connectivity index (χ2n) is 6.67. The van der Waals surface area contributed by atoms with Gasteiger partial charge in [-0.05, 0) is 50.7 Å². The number of aromatic nitrogens is 2.